The van der Waals surface area contributed by atoms with E-state index in [-0.39, 0.29) is 17.5 Å². The van der Waals surface area contributed by atoms with Crippen molar-refractivity contribution < 1.29 is 9.59 Å². The molecule has 0 aromatic heterocycles. The van der Waals surface area contributed by atoms with Crippen LogP contribution in [0.25, 0.3) is 5.57 Å². The van der Waals surface area contributed by atoms with Crippen molar-refractivity contribution in [3.8, 4) is 0 Å². The van der Waals surface area contributed by atoms with E-state index in [4.69, 9.17) is 0 Å². The van der Waals surface area contributed by atoms with Gasteiger partial charge in [-0.3, -0.25) is 9.59 Å². The third-order valence-corrected chi connectivity index (χ3v) is 4.22. The van der Waals surface area contributed by atoms with Crippen molar-refractivity contribution >= 4 is 17.1 Å². The van der Waals surface area contributed by atoms with E-state index in [9.17, 15) is 9.59 Å². The summed E-state index contributed by atoms with van der Waals surface area (Å²) in [5, 5.41) is 0. The molecule has 0 saturated heterocycles. The molecule has 0 aliphatic heterocycles. The Morgan fingerprint density at radius 2 is 1.55 bits per heavy atom. The van der Waals surface area contributed by atoms with Gasteiger partial charge in [0.1, 0.15) is 0 Å². The van der Waals surface area contributed by atoms with Crippen molar-refractivity contribution in [2.24, 2.45) is 11.8 Å². The number of Topliss-reactive ketones (excluding diaryl/α,β-unsaturated/α-hetero) is 1. The van der Waals surface area contributed by atoms with Crippen molar-refractivity contribution in [2.45, 2.75) is 13.3 Å². The molecule has 0 radical (unpaired) electrons. The van der Waals surface area contributed by atoms with E-state index in [1.54, 1.807) is 18.2 Å². The van der Waals surface area contributed by atoms with Gasteiger partial charge in [-0.25, -0.2) is 0 Å². The van der Waals surface area contributed by atoms with Gasteiger partial charge >= 0.3 is 0 Å². The van der Waals surface area contributed by atoms with Crippen LogP contribution in [-0.2, 0) is 4.79 Å². The van der Waals surface area contributed by atoms with Crippen LogP contribution in [0.5, 0.6) is 0 Å². The Morgan fingerprint density at radius 1 is 0.955 bits per heavy atom. The molecule has 110 valence electrons. The van der Waals surface area contributed by atoms with Gasteiger partial charge < -0.3 is 0 Å². The summed E-state index contributed by atoms with van der Waals surface area (Å²) < 4.78 is 0. The quantitative estimate of drug-likeness (QED) is 0.628. The van der Waals surface area contributed by atoms with Crippen LogP contribution < -0.4 is 0 Å². The van der Waals surface area contributed by atoms with Crippen LogP contribution in [0, 0.1) is 11.8 Å². The molecule has 2 heteroatoms. The number of allylic oxidation sites excluding steroid dienone is 2. The number of carbonyl (C=O) groups excluding carboxylic acids is 2. The fraction of sp³-hybridized carbons (Fsp3) is 0.200. The number of ketones is 2. The summed E-state index contributed by atoms with van der Waals surface area (Å²) in [6.07, 6.45) is 2.40. The molecule has 0 heterocycles. The molecular weight excluding hydrogens is 272 g/mol. The second-order valence-corrected chi connectivity index (χ2v) is 5.83. The fourth-order valence-electron chi connectivity index (χ4n) is 3.09. The average Bonchev–Trinajstić information content (AvgIpc) is 2.55. The minimum atomic E-state index is -0.560. The second kappa shape index (κ2) is 6.10. The highest BCUT2D eigenvalue weighted by Crippen LogP contribution is 2.34. The van der Waals surface area contributed by atoms with E-state index in [1.807, 2.05) is 55.5 Å². The van der Waals surface area contributed by atoms with Crippen LogP contribution >= 0.6 is 0 Å². The van der Waals surface area contributed by atoms with Crippen LogP contribution in [0.2, 0.25) is 0 Å². The van der Waals surface area contributed by atoms with Gasteiger partial charge in [0.2, 0.25) is 0 Å². The highest BCUT2D eigenvalue weighted by Gasteiger charge is 2.35. The minimum Gasteiger partial charge on any atom is -0.294 e. The number of hydrogen-bond donors (Lipinski definition) is 0. The van der Waals surface area contributed by atoms with Gasteiger partial charge in [-0.15, -0.1) is 0 Å². The number of hydrogen-bond acceptors (Lipinski definition) is 2. The zero-order valence-electron chi connectivity index (χ0n) is 12.5. The highest BCUT2D eigenvalue weighted by molar-refractivity contribution is 6.16. The predicted molar refractivity (Wildman–Crippen MR) is 87.5 cm³/mol. The molecule has 2 unspecified atom stereocenters. The topological polar surface area (TPSA) is 34.1 Å². The number of benzene rings is 2. The van der Waals surface area contributed by atoms with Crippen LogP contribution in [0.3, 0.4) is 0 Å². The fourth-order valence-corrected chi connectivity index (χ4v) is 3.09. The van der Waals surface area contributed by atoms with Crippen molar-refractivity contribution in [1.82, 2.24) is 0 Å². The van der Waals surface area contributed by atoms with E-state index < -0.39 is 5.92 Å². The third-order valence-electron chi connectivity index (χ3n) is 4.22. The molecule has 0 spiro atoms. The zero-order valence-corrected chi connectivity index (χ0v) is 12.5. The molecule has 1 aliphatic carbocycles. The predicted octanol–water partition coefficient (Wildman–Crippen LogP) is 4.18. The lowest BCUT2D eigenvalue weighted by atomic mass is 9.75. The first-order valence-electron chi connectivity index (χ1n) is 7.56. The Bertz CT molecular complexity index is 714. The molecule has 22 heavy (non-hydrogen) atoms. The molecule has 0 bridgehead atoms. The molecule has 0 N–H and O–H groups in total. The first-order valence-corrected chi connectivity index (χ1v) is 7.56. The summed E-state index contributed by atoms with van der Waals surface area (Å²) in [6.45, 7) is 1.99. The first kappa shape index (κ1) is 14.5. The summed E-state index contributed by atoms with van der Waals surface area (Å²) in [4.78, 5) is 25.1. The first-order chi connectivity index (χ1) is 10.7. The van der Waals surface area contributed by atoms with Crippen LogP contribution in [0.15, 0.2) is 66.7 Å². The summed E-state index contributed by atoms with van der Waals surface area (Å²) in [5.74, 6) is -0.691. The Kier molecular flexibility index (Phi) is 4.01. The number of rotatable bonds is 3. The Morgan fingerprint density at radius 3 is 2.14 bits per heavy atom. The van der Waals surface area contributed by atoms with Gasteiger partial charge in [-0.2, -0.15) is 0 Å². The maximum atomic E-state index is 12.6. The Balaban J connectivity index is 1.89. The van der Waals surface area contributed by atoms with Gasteiger partial charge in [-0.1, -0.05) is 67.6 Å². The van der Waals surface area contributed by atoms with Crippen LogP contribution in [0.4, 0.5) is 0 Å². The maximum absolute atomic E-state index is 12.6. The summed E-state index contributed by atoms with van der Waals surface area (Å²) >= 11 is 0. The highest BCUT2D eigenvalue weighted by atomic mass is 16.1. The van der Waals surface area contributed by atoms with Crippen LogP contribution in [-0.4, -0.2) is 11.6 Å². The van der Waals surface area contributed by atoms with E-state index >= 15 is 0 Å². The van der Waals surface area contributed by atoms with Crippen molar-refractivity contribution in [3.63, 3.8) is 0 Å². The molecule has 0 saturated carbocycles. The SMILES string of the molecule is CC1CC(c2ccccc2)=CC(=O)C1C(=O)c1ccccc1. The van der Waals surface area contributed by atoms with Crippen LogP contribution in [0.1, 0.15) is 29.3 Å². The standard InChI is InChI=1S/C20H18O2/c1-14-12-17(15-8-4-2-5-9-15)13-18(21)19(14)20(22)16-10-6-3-7-11-16/h2-11,13-14,19H,12H2,1H3. The molecule has 3 rings (SSSR count). The lowest BCUT2D eigenvalue weighted by Crippen LogP contribution is -2.32. The Hall–Kier alpha value is -2.48. The van der Waals surface area contributed by atoms with E-state index in [0.717, 1.165) is 17.6 Å². The average molecular weight is 290 g/mol. The monoisotopic (exact) mass is 290 g/mol. The van der Waals surface area contributed by atoms with Crippen molar-refractivity contribution in [1.29, 1.82) is 0 Å². The molecule has 1 aliphatic rings. The van der Waals surface area contributed by atoms with Gasteiger partial charge in [0.25, 0.3) is 0 Å². The minimum absolute atomic E-state index is 0.0143. The van der Waals surface area contributed by atoms with Gasteiger partial charge in [0, 0.05) is 5.56 Å². The van der Waals surface area contributed by atoms with Gasteiger partial charge in [-0.05, 0) is 29.6 Å². The Labute approximate surface area is 130 Å². The zero-order chi connectivity index (χ0) is 15.5. The van der Waals surface area contributed by atoms with Crippen molar-refractivity contribution in [2.75, 3.05) is 0 Å². The molecule has 0 fully saturated rings. The summed E-state index contributed by atoms with van der Waals surface area (Å²) in [5.41, 5.74) is 2.70. The summed E-state index contributed by atoms with van der Waals surface area (Å²) in [7, 11) is 0. The number of carbonyl (C=O) groups is 2. The molecule has 0 amide bonds. The molecule has 2 aromatic rings. The lowest BCUT2D eigenvalue weighted by molar-refractivity contribution is -0.118. The van der Waals surface area contributed by atoms with Gasteiger partial charge in [0.05, 0.1) is 5.92 Å². The molecule has 2 atom stereocenters. The normalized spacial score (nSPS) is 21.3. The van der Waals surface area contributed by atoms with Crippen molar-refractivity contribution in [3.05, 3.63) is 77.9 Å². The van der Waals surface area contributed by atoms with E-state index in [2.05, 4.69) is 0 Å². The summed E-state index contributed by atoms with van der Waals surface area (Å²) in [6, 6.07) is 19.0. The lowest BCUT2D eigenvalue weighted by Gasteiger charge is -2.26. The molecular formula is C20H18O2. The molecule has 2 aromatic carbocycles. The van der Waals surface area contributed by atoms with E-state index in [1.165, 1.54) is 0 Å². The smallest absolute Gasteiger partial charge is 0.173 e. The van der Waals surface area contributed by atoms with E-state index in [0.29, 0.717) is 5.56 Å². The second-order valence-electron chi connectivity index (χ2n) is 5.83. The maximum Gasteiger partial charge on any atom is 0.173 e. The largest absolute Gasteiger partial charge is 0.294 e. The molecule has 2 nitrogen and oxygen atoms in total. The third kappa shape index (κ3) is 2.77. The van der Waals surface area contributed by atoms with Gasteiger partial charge in [0.15, 0.2) is 11.6 Å².